The zero-order valence-corrected chi connectivity index (χ0v) is 19.9. The van der Waals surface area contributed by atoms with Gasteiger partial charge in [-0.2, -0.15) is 0 Å². The molecule has 0 bridgehead atoms. The highest BCUT2D eigenvalue weighted by molar-refractivity contribution is 14.0. The molecule has 0 saturated carbocycles. The summed E-state index contributed by atoms with van der Waals surface area (Å²) in [6.07, 6.45) is 3.72. The summed E-state index contributed by atoms with van der Waals surface area (Å²) in [5.41, 5.74) is 2.31. The predicted octanol–water partition coefficient (Wildman–Crippen LogP) is 3.71. The van der Waals surface area contributed by atoms with E-state index in [9.17, 15) is 4.79 Å². The van der Waals surface area contributed by atoms with Gasteiger partial charge in [0.05, 0.1) is 13.2 Å². The van der Waals surface area contributed by atoms with Gasteiger partial charge in [-0.15, -0.1) is 24.0 Å². The average molecular weight is 512 g/mol. The van der Waals surface area contributed by atoms with E-state index in [1.807, 2.05) is 19.2 Å². The zero-order chi connectivity index (χ0) is 20.2. The first-order valence-electron chi connectivity index (χ1n) is 10.0. The summed E-state index contributed by atoms with van der Waals surface area (Å²) in [5.74, 6) is 1.69. The Bertz CT molecular complexity index is 820. The fourth-order valence-electron chi connectivity index (χ4n) is 2.85. The van der Waals surface area contributed by atoms with Crippen molar-refractivity contribution in [1.82, 2.24) is 15.2 Å². The maximum Gasteiger partial charge on any atom is 0.250 e. The highest BCUT2D eigenvalue weighted by Crippen LogP contribution is 2.21. The number of unbranched alkanes of at least 4 members (excludes halogenated alkanes) is 1. The largest absolute Gasteiger partial charge is 0.494 e. The first kappa shape index (κ1) is 25.0. The van der Waals surface area contributed by atoms with Crippen molar-refractivity contribution >= 4 is 29.9 Å². The molecule has 0 saturated heterocycles. The molecule has 0 atom stereocenters. The van der Waals surface area contributed by atoms with Gasteiger partial charge in [-0.1, -0.05) is 18.2 Å². The number of hydrogen-bond donors (Lipinski definition) is 2. The molecule has 2 aromatic rings. The number of aryl methyl sites for hydroxylation is 2. The van der Waals surface area contributed by atoms with E-state index in [0.717, 1.165) is 49.7 Å². The van der Waals surface area contributed by atoms with Crippen molar-refractivity contribution in [1.29, 1.82) is 0 Å². The Morgan fingerprint density at radius 3 is 2.69 bits per heavy atom. The van der Waals surface area contributed by atoms with Crippen LogP contribution in [0.2, 0.25) is 0 Å². The maximum absolute atomic E-state index is 11.7. The van der Waals surface area contributed by atoms with E-state index in [1.165, 1.54) is 5.56 Å². The number of pyridine rings is 1. The fraction of sp³-hybridized carbons (Fsp3) is 0.455. The maximum atomic E-state index is 11.7. The predicted molar refractivity (Wildman–Crippen MR) is 131 cm³/mol. The third kappa shape index (κ3) is 8.89. The lowest BCUT2D eigenvalue weighted by molar-refractivity contribution is 0.336. The Kier molecular flexibility index (Phi) is 12.1. The number of aromatic nitrogens is 1. The molecule has 1 heterocycles. The summed E-state index contributed by atoms with van der Waals surface area (Å²) < 4.78 is 7.48. The lowest BCUT2D eigenvalue weighted by atomic mass is 10.1. The standard InChI is InChI=1S/C22H32N4O2.HI/c1-4-23-22(24-13-7-9-15-26-14-8-6-10-21(26)27)25-17-19-12-11-18(3)16-20(19)28-5-2;/h6,8,10-12,14,16H,4-5,7,9,13,15,17H2,1-3H3,(H2,23,24,25);1H. The molecule has 29 heavy (non-hydrogen) atoms. The van der Waals surface area contributed by atoms with Crippen LogP contribution in [0.3, 0.4) is 0 Å². The van der Waals surface area contributed by atoms with Gasteiger partial charge < -0.3 is 19.9 Å². The molecule has 0 aliphatic heterocycles. The Morgan fingerprint density at radius 2 is 1.97 bits per heavy atom. The van der Waals surface area contributed by atoms with Crippen LogP contribution in [0, 0.1) is 6.92 Å². The Morgan fingerprint density at radius 1 is 1.14 bits per heavy atom. The van der Waals surface area contributed by atoms with Crippen molar-refractivity contribution in [3.63, 3.8) is 0 Å². The van der Waals surface area contributed by atoms with Crippen LogP contribution < -0.4 is 20.9 Å². The fourth-order valence-corrected chi connectivity index (χ4v) is 2.85. The van der Waals surface area contributed by atoms with Gasteiger partial charge in [0.15, 0.2) is 5.96 Å². The van der Waals surface area contributed by atoms with Gasteiger partial charge in [0.1, 0.15) is 5.75 Å². The van der Waals surface area contributed by atoms with Gasteiger partial charge in [-0.25, -0.2) is 4.99 Å². The number of halogens is 1. The Balaban J connectivity index is 0.00000420. The first-order chi connectivity index (χ1) is 13.6. The second-order valence-electron chi connectivity index (χ2n) is 6.61. The van der Waals surface area contributed by atoms with E-state index < -0.39 is 0 Å². The van der Waals surface area contributed by atoms with Crippen LogP contribution in [-0.2, 0) is 13.1 Å². The van der Waals surface area contributed by atoms with Crippen LogP contribution in [0.25, 0.3) is 0 Å². The SMILES string of the molecule is CCNC(=NCc1ccc(C)cc1OCC)NCCCCn1ccccc1=O.I. The monoisotopic (exact) mass is 512 g/mol. The zero-order valence-electron chi connectivity index (χ0n) is 17.6. The summed E-state index contributed by atoms with van der Waals surface area (Å²) in [5, 5.41) is 6.64. The molecule has 0 spiro atoms. The quantitative estimate of drug-likeness (QED) is 0.221. The van der Waals surface area contributed by atoms with Crippen molar-refractivity contribution in [3.8, 4) is 5.75 Å². The normalized spacial score (nSPS) is 10.9. The van der Waals surface area contributed by atoms with Gasteiger partial charge in [0.2, 0.25) is 5.56 Å². The molecule has 0 aliphatic carbocycles. The van der Waals surface area contributed by atoms with Crippen molar-refractivity contribution in [2.45, 2.75) is 46.7 Å². The highest BCUT2D eigenvalue weighted by atomic mass is 127. The molecule has 1 aromatic carbocycles. The minimum absolute atomic E-state index is 0. The molecule has 0 unspecified atom stereocenters. The summed E-state index contributed by atoms with van der Waals surface area (Å²) in [4.78, 5) is 16.4. The van der Waals surface area contributed by atoms with Crippen LogP contribution in [0.15, 0.2) is 52.4 Å². The molecule has 0 amide bonds. The van der Waals surface area contributed by atoms with Crippen molar-refractivity contribution in [2.75, 3.05) is 19.7 Å². The molecule has 1 aromatic heterocycles. The summed E-state index contributed by atoms with van der Waals surface area (Å²) >= 11 is 0. The van der Waals surface area contributed by atoms with Crippen LogP contribution in [0.4, 0.5) is 0 Å². The Hall–Kier alpha value is -2.03. The van der Waals surface area contributed by atoms with Crippen LogP contribution in [0.5, 0.6) is 5.75 Å². The van der Waals surface area contributed by atoms with Crippen molar-refractivity contribution in [3.05, 3.63) is 64.1 Å². The lowest BCUT2D eigenvalue weighted by Crippen LogP contribution is -2.37. The molecule has 0 aliphatic rings. The molecule has 160 valence electrons. The number of rotatable bonds is 10. The van der Waals surface area contributed by atoms with Gasteiger partial charge in [0, 0.05) is 37.5 Å². The summed E-state index contributed by atoms with van der Waals surface area (Å²) in [7, 11) is 0. The molecule has 0 fully saturated rings. The lowest BCUT2D eigenvalue weighted by Gasteiger charge is -2.13. The van der Waals surface area contributed by atoms with Gasteiger partial charge in [0.25, 0.3) is 0 Å². The molecule has 2 rings (SSSR count). The number of nitrogens with zero attached hydrogens (tertiary/aromatic N) is 2. The third-order valence-corrected chi connectivity index (χ3v) is 4.29. The van der Waals surface area contributed by atoms with Gasteiger partial charge in [-0.3, -0.25) is 4.79 Å². The van der Waals surface area contributed by atoms with Crippen LogP contribution in [-0.4, -0.2) is 30.2 Å². The number of benzene rings is 1. The number of hydrogen-bond acceptors (Lipinski definition) is 3. The molecule has 6 nitrogen and oxygen atoms in total. The number of ether oxygens (including phenoxy) is 1. The highest BCUT2D eigenvalue weighted by Gasteiger charge is 2.04. The molecule has 7 heteroatoms. The average Bonchev–Trinajstić information content (AvgIpc) is 2.68. The van der Waals surface area contributed by atoms with Crippen molar-refractivity contribution in [2.24, 2.45) is 4.99 Å². The number of nitrogens with one attached hydrogen (secondary N) is 2. The summed E-state index contributed by atoms with van der Waals surface area (Å²) in [6.45, 7) is 9.65. The van der Waals surface area contributed by atoms with Crippen LogP contribution in [0.1, 0.15) is 37.8 Å². The molecular weight excluding hydrogens is 479 g/mol. The molecule has 2 N–H and O–H groups in total. The first-order valence-corrected chi connectivity index (χ1v) is 10.0. The van der Waals surface area contributed by atoms with Crippen molar-refractivity contribution < 1.29 is 4.74 Å². The van der Waals surface area contributed by atoms with E-state index in [1.54, 1.807) is 16.7 Å². The van der Waals surface area contributed by atoms with E-state index in [2.05, 4.69) is 47.7 Å². The summed E-state index contributed by atoms with van der Waals surface area (Å²) in [6, 6.07) is 11.5. The van der Waals surface area contributed by atoms with E-state index >= 15 is 0 Å². The van der Waals surface area contributed by atoms with Crippen LogP contribution >= 0.6 is 24.0 Å². The van der Waals surface area contributed by atoms with Gasteiger partial charge >= 0.3 is 0 Å². The number of guanidine groups is 1. The minimum Gasteiger partial charge on any atom is -0.494 e. The van der Waals surface area contributed by atoms with E-state index in [4.69, 9.17) is 4.74 Å². The second kappa shape index (κ2) is 14.0. The smallest absolute Gasteiger partial charge is 0.250 e. The third-order valence-electron chi connectivity index (χ3n) is 4.29. The topological polar surface area (TPSA) is 67.7 Å². The van der Waals surface area contributed by atoms with Gasteiger partial charge in [-0.05, 0) is 51.3 Å². The second-order valence-corrected chi connectivity index (χ2v) is 6.61. The minimum atomic E-state index is 0. The Labute approximate surface area is 190 Å². The molecule has 0 radical (unpaired) electrons. The van der Waals surface area contributed by atoms with E-state index in [-0.39, 0.29) is 29.5 Å². The number of aliphatic imine (C=N–C) groups is 1. The molecular formula is C22H33IN4O2. The van der Waals surface area contributed by atoms with E-state index in [0.29, 0.717) is 13.2 Å².